The van der Waals surface area contributed by atoms with Crippen molar-refractivity contribution >= 4 is 28.5 Å². The molecular formula is C20H19ClN2O4. The van der Waals surface area contributed by atoms with Crippen LogP contribution in [0.15, 0.2) is 51.9 Å². The number of ether oxygens (including phenoxy) is 1. The van der Waals surface area contributed by atoms with Crippen LogP contribution in [-0.4, -0.2) is 17.0 Å². The molecule has 3 rings (SSSR count). The van der Waals surface area contributed by atoms with Crippen LogP contribution in [0.2, 0.25) is 5.02 Å². The van der Waals surface area contributed by atoms with Gasteiger partial charge in [0.1, 0.15) is 11.3 Å². The number of carbonyl (C=O) groups is 1. The number of aromatic nitrogens is 1. The minimum Gasteiger partial charge on any atom is -0.479 e. The molecule has 0 aliphatic rings. The average Bonchev–Trinajstić information content (AvgIpc) is 2.67. The van der Waals surface area contributed by atoms with E-state index in [-0.39, 0.29) is 11.7 Å². The van der Waals surface area contributed by atoms with Crippen LogP contribution in [0.25, 0.3) is 11.0 Å². The van der Waals surface area contributed by atoms with Crippen LogP contribution in [0.1, 0.15) is 25.0 Å². The Labute approximate surface area is 161 Å². The maximum Gasteiger partial charge on any atom is 0.336 e. The van der Waals surface area contributed by atoms with Crippen molar-refractivity contribution in [2.45, 2.75) is 32.9 Å². The minimum atomic E-state index is -0.780. The summed E-state index contributed by atoms with van der Waals surface area (Å²) in [5, 5.41) is 3.88. The van der Waals surface area contributed by atoms with Gasteiger partial charge in [-0.2, -0.15) is 0 Å². The van der Waals surface area contributed by atoms with Gasteiger partial charge in [0, 0.05) is 36.5 Å². The number of hydrogen-bond donors (Lipinski definition) is 1. The van der Waals surface area contributed by atoms with Crippen LogP contribution in [0, 0.1) is 0 Å². The van der Waals surface area contributed by atoms with Gasteiger partial charge in [-0.1, -0.05) is 24.6 Å². The van der Waals surface area contributed by atoms with E-state index in [0.29, 0.717) is 23.6 Å². The Hall–Kier alpha value is -2.86. The number of fused-ring (bicyclic) bond motifs is 1. The lowest BCUT2D eigenvalue weighted by Crippen LogP contribution is -2.36. The van der Waals surface area contributed by atoms with Gasteiger partial charge in [-0.3, -0.25) is 9.78 Å². The first-order valence-corrected chi connectivity index (χ1v) is 8.95. The zero-order chi connectivity index (χ0) is 19.4. The fraction of sp³-hybridized carbons (Fsp3) is 0.250. The Morgan fingerprint density at radius 3 is 2.89 bits per heavy atom. The van der Waals surface area contributed by atoms with E-state index in [1.807, 2.05) is 13.0 Å². The van der Waals surface area contributed by atoms with E-state index in [1.165, 1.54) is 6.07 Å². The lowest BCUT2D eigenvalue weighted by Gasteiger charge is -2.16. The van der Waals surface area contributed by atoms with Crippen LogP contribution >= 0.6 is 11.6 Å². The molecule has 0 saturated carbocycles. The number of nitrogens with one attached hydrogen (secondary N) is 1. The molecule has 0 bridgehead atoms. The Balaban J connectivity index is 1.76. The van der Waals surface area contributed by atoms with Crippen LogP contribution < -0.4 is 15.7 Å². The predicted molar refractivity (Wildman–Crippen MR) is 103 cm³/mol. The molecule has 0 fully saturated rings. The molecule has 0 spiro atoms. The monoisotopic (exact) mass is 386 g/mol. The van der Waals surface area contributed by atoms with E-state index >= 15 is 0 Å². The molecule has 3 aromatic rings. The highest BCUT2D eigenvalue weighted by molar-refractivity contribution is 6.32. The van der Waals surface area contributed by atoms with Crippen molar-refractivity contribution in [1.82, 2.24) is 10.3 Å². The zero-order valence-corrected chi connectivity index (χ0v) is 15.7. The number of pyridine rings is 1. The lowest BCUT2D eigenvalue weighted by atomic mass is 10.1. The fourth-order valence-electron chi connectivity index (χ4n) is 2.69. The second kappa shape index (κ2) is 8.22. The van der Waals surface area contributed by atoms with E-state index in [2.05, 4.69) is 10.3 Å². The van der Waals surface area contributed by atoms with E-state index in [1.54, 1.807) is 37.5 Å². The largest absolute Gasteiger partial charge is 0.479 e. The van der Waals surface area contributed by atoms with Crippen molar-refractivity contribution in [1.29, 1.82) is 0 Å². The first-order valence-electron chi connectivity index (χ1n) is 8.57. The van der Waals surface area contributed by atoms with Gasteiger partial charge in [-0.25, -0.2) is 4.79 Å². The smallest absolute Gasteiger partial charge is 0.336 e. The quantitative estimate of drug-likeness (QED) is 0.656. The van der Waals surface area contributed by atoms with Gasteiger partial charge in [0.05, 0.1) is 5.02 Å². The number of halogens is 1. The topological polar surface area (TPSA) is 81.4 Å². The van der Waals surface area contributed by atoms with Gasteiger partial charge in [-0.15, -0.1) is 0 Å². The number of amides is 1. The Morgan fingerprint density at radius 2 is 2.19 bits per heavy atom. The van der Waals surface area contributed by atoms with Crippen molar-refractivity contribution in [3.63, 3.8) is 0 Å². The zero-order valence-electron chi connectivity index (χ0n) is 15.0. The van der Waals surface area contributed by atoms with Crippen molar-refractivity contribution in [2.75, 3.05) is 0 Å². The molecule has 140 valence electrons. The summed E-state index contributed by atoms with van der Waals surface area (Å²) in [5.41, 5.74) is 1.67. The molecule has 1 aromatic carbocycles. The van der Waals surface area contributed by atoms with Gasteiger partial charge in [0.2, 0.25) is 0 Å². The molecule has 0 aliphatic heterocycles. The minimum absolute atomic E-state index is 0.282. The molecule has 0 radical (unpaired) electrons. The molecule has 1 amide bonds. The van der Waals surface area contributed by atoms with Crippen molar-refractivity contribution < 1.29 is 13.9 Å². The normalized spacial score (nSPS) is 12.0. The second-order valence-corrected chi connectivity index (χ2v) is 6.47. The Morgan fingerprint density at radius 1 is 1.37 bits per heavy atom. The number of aryl methyl sites for hydroxylation is 1. The summed E-state index contributed by atoms with van der Waals surface area (Å²) in [4.78, 5) is 28.0. The number of benzene rings is 1. The summed E-state index contributed by atoms with van der Waals surface area (Å²) in [5.74, 6) is -0.0108. The molecule has 27 heavy (non-hydrogen) atoms. The van der Waals surface area contributed by atoms with Crippen molar-refractivity contribution in [3.8, 4) is 5.75 Å². The molecular weight excluding hydrogens is 368 g/mol. The first kappa shape index (κ1) is 18.9. The number of rotatable bonds is 6. The standard InChI is InChI=1S/C20H19ClN2O4/c1-3-14-7-19(24)27-17-9-18(16(21)8-15(14)17)26-12(2)20(25)23-11-13-5-4-6-22-10-13/h4-10,12H,3,11H2,1-2H3,(H,23,25). The summed E-state index contributed by atoms with van der Waals surface area (Å²) in [6.45, 7) is 3.92. The number of nitrogens with zero attached hydrogens (tertiary/aromatic N) is 1. The molecule has 2 heterocycles. The third-order valence-corrected chi connectivity index (χ3v) is 4.42. The lowest BCUT2D eigenvalue weighted by molar-refractivity contribution is -0.127. The third-order valence-electron chi connectivity index (χ3n) is 4.13. The summed E-state index contributed by atoms with van der Waals surface area (Å²) in [6.07, 6.45) is 3.24. The third kappa shape index (κ3) is 4.46. The van der Waals surface area contributed by atoms with Gasteiger partial charge >= 0.3 is 5.63 Å². The summed E-state index contributed by atoms with van der Waals surface area (Å²) in [6, 6.07) is 8.35. The molecule has 1 N–H and O–H groups in total. The van der Waals surface area contributed by atoms with Crippen LogP contribution in [-0.2, 0) is 17.8 Å². The molecule has 6 nitrogen and oxygen atoms in total. The molecule has 0 aliphatic carbocycles. The summed E-state index contributed by atoms with van der Waals surface area (Å²) < 4.78 is 10.9. The fourth-order valence-corrected chi connectivity index (χ4v) is 2.90. The SMILES string of the molecule is CCc1cc(=O)oc2cc(OC(C)C(=O)NCc3cccnc3)c(Cl)cc12. The van der Waals surface area contributed by atoms with Crippen LogP contribution in [0.5, 0.6) is 5.75 Å². The van der Waals surface area contributed by atoms with Gasteiger partial charge in [-0.05, 0) is 36.6 Å². The Kier molecular flexibility index (Phi) is 5.76. The highest BCUT2D eigenvalue weighted by Crippen LogP contribution is 2.32. The van der Waals surface area contributed by atoms with E-state index in [4.69, 9.17) is 20.8 Å². The van der Waals surface area contributed by atoms with Gasteiger partial charge < -0.3 is 14.5 Å². The average molecular weight is 387 g/mol. The summed E-state index contributed by atoms with van der Waals surface area (Å²) >= 11 is 6.31. The van der Waals surface area contributed by atoms with Gasteiger partial charge in [0.25, 0.3) is 5.91 Å². The van der Waals surface area contributed by atoms with E-state index in [0.717, 1.165) is 16.5 Å². The van der Waals surface area contributed by atoms with Crippen LogP contribution in [0.4, 0.5) is 0 Å². The predicted octanol–water partition coefficient (Wildman–Crippen LogP) is 3.49. The Bertz CT molecular complexity index is 1020. The summed E-state index contributed by atoms with van der Waals surface area (Å²) in [7, 11) is 0. The molecule has 1 atom stereocenters. The highest BCUT2D eigenvalue weighted by atomic mass is 35.5. The van der Waals surface area contributed by atoms with Crippen molar-refractivity contribution in [3.05, 3.63) is 69.3 Å². The molecule has 2 aromatic heterocycles. The van der Waals surface area contributed by atoms with Crippen LogP contribution in [0.3, 0.4) is 0 Å². The maximum atomic E-state index is 12.3. The van der Waals surface area contributed by atoms with Crippen molar-refractivity contribution in [2.24, 2.45) is 0 Å². The number of hydrogen-bond acceptors (Lipinski definition) is 5. The molecule has 0 saturated heterocycles. The number of carbonyl (C=O) groups excluding carboxylic acids is 1. The maximum absolute atomic E-state index is 12.3. The highest BCUT2D eigenvalue weighted by Gasteiger charge is 2.17. The molecule has 7 heteroatoms. The van der Waals surface area contributed by atoms with E-state index in [9.17, 15) is 9.59 Å². The molecule has 1 unspecified atom stereocenters. The van der Waals surface area contributed by atoms with E-state index < -0.39 is 11.7 Å². The first-order chi connectivity index (χ1) is 13.0. The second-order valence-electron chi connectivity index (χ2n) is 6.06. The van der Waals surface area contributed by atoms with Gasteiger partial charge in [0.15, 0.2) is 6.10 Å².